The molecule has 100 valence electrons. The van der Waals surface area contributed by atoms with E-state index < -0.39 is 0 Å². The zero-order valence-electron chi connectivity index (χ0n) is 10.8. The summed E-state index contributed by atoms with van der Waals surface area (Å²) in [6, 6.07) is 6.68. The van der Waals surface area contributed by atoms with Gasteiger partial charge in [0, 0.05) is 11.8 Å². The van der Waals surface area contributed by atoms with Crippen molar-refractivity contribution < 1.29 is 14.1 Å². The Morgan fingerprint density at radius 2 is 2.26 bits per heavy atom. The zero-order valence-corrected chi connectivity index (χ0v) is 10.8. The van der Waals surface area contributed by atoms with E-state index in [1.165, 1.54) is 7.11 Å². The summed E-state index contributed by atoms with van der Waals surface area (Å²) in [6.07, 6.45) is 0. The summed E-state index contributed by atoms with van der Waals surface area (Å²) in [4.78, 5) is 12.0. The van der Waals surface area contributed by atoms with Crippen molar-refractivity contribution in [2.45, 2.75) is 13.5 Å². The van der Waals surface area contributed by atoms with Crippen LogP contribution < -0.4 is 15.8 Å². The highest BCUT2D eigenvalue weighted by Gasteiger charge is 2.11. The number of aryl methyl sites for hydroxylation is 1. The van der Waals surface area contributed by atoms with Gasteiger partial charge in [-0.25, -0.2) is 0 Å². The lowest BCUT2D eigenvalue weighted by molar-refractivity contribution is 0.0947. The van der Waals surface area contributed by atoms with E-state index in [4.69, 9.17) is 15.0 Å². The number of amides is 1. The number of nitrogens with one attached hydrogen (secondary N) is 1. The van der Waals surface area contributed by atoms with Gasteiger partial charge in [0.15, 0.2) is 5.76 Å². The van der Waals surface area contributed by atoms with Crippen molar-refractivity contribution in [1.29, 1.82) is 0 Å². The molecule has 0 bridgehead atoms. The summed E-state index contributed by atoms with van der Waals surface area (Å²) in [5.74, 6) is 0.882. The average Bonchev–Trinajstić information content (AvgIpc) is 2.82. The highest BCUT2D eigenvalue weighted by atomic mass is 16.5. The maximum absolute atomic E-state index is 12.0. The van der Waals surface area contributed by atoms with E-state index in [1.807, 2.05) is 6.92 Å². The van der Waals surface area contributed by atoms with E-state index in [-0.39, 0.29) is 12.5 Å². The monoisotopic (exact) mass is 261 g/mol. The van der Waals surface area contributed by atoms with E-state index >= 15 is 0 Å². The van der Waals surface area contributed by atoms with Crippen LogP contribution in [0.1, 0.15) is 21.8 Å². The van der Waals surface area contributed by atoms with Gasteiger partial charge >= 0.3 is 0 Å². The molecule has 0 spiro atoms. The summed E-state index contributed by atoms with van der Waals surface area (Å²) in [7, 11) is 1.53. The molecule has 3 N–H and O–H groups in total. The zero-order chi connectivity index (χ0) is 13.8. The number of methoxy groups -OCH3 is 1. The lowest BCUT2D eigenvalue weighted by Crippen LogP contribution is -2.23. The molecule has 0 unspecified atom stereocenters. The maximum Gasteiger partial charge on any atom is 0.253 e. The minimum Gasteiger partial charge on any atom is -0.497 e. The van der Waals surface area contributed by atoms with E-state index in [9.17, 15) is 4.79 Å². The molecule has 1 aromatic carbocycles. The number of ether oxygens (including phenoxy) is 1. The molecule has 2 rings (SSSR count). The molecule has 0 saturated heterocycles. The Hall–Kier alpha value is -2.50. The number of hydrogen-bond donors (Lipinski definition) is 2. The average molecular weight is 261 g/mol. The Morgan fingerprint density at radius 1 is 1.47 bits per heavy atom. The van der Waals surface area contributed by atoms with Crippen molar-refractivity contribution in [3.8, 4) is 5.75 Å². The minimum absolute atomic E-state index is 0.260. The lowest BCUT2D eigenvalue weighted by Gasteiger charge is -2.08. The van der Waals surface area contributed by atoms with Crippen LogP contribution in [0.4, 0.5) is 5.69 Å². The van der Waals surface area contributed by atoms with Crippen LogP contribution in [0.3, 0.4) is 0 Å². The molecular weight excluding hydrogens is 246 g/mol. The molecule has 19 heavy (non-hydrogen) atoms. The van der Waals surface area contributed by atoms with Crippen LogP contribution in [0, 0.1) is 6.92 Å². The highest BCUT2D eigenvalue weighted by molar-refractivity contribution is 5.99. The first-order chi connectivity index (χ1) is 9.10. The first-order valence-corrected chi connectivity index (χ1v) is 5.74. The highest BCUT2D eigenvalue weighted by Crippen LogP contribution is 2.19. The Bertz CT molecular complexity index is 593. The number of nitrogens with two attached hydrogens (primary N) is 1. The van der Waals surface area contributed by atoms with Crippen LogP contribution in [-0.4, -0.2) is 18.2 Å². The van der Waals surface area contributed by atoms with Gasteiger partial charge in [-0.1, -0.05) is 5.16 Å². The first-order valence-electron chi connectivity index (χ1n) is 5.74. The van der Waals surface area contributed by atoms with Crippen LogP contribution in [0.25, 0.3) is 0 Å². The quantitative estimate of drug-likeness (QED) is 0.814. The molecule has 0 saturated carbocycles. The topological polar surface area (TPSA) is 90.4 Å². The van der Waals surface area contributed by atoms with Crippen LogP contribution in [0.5, 0.6) is 5.75 Å². The molecular formula is C13H15N3O3. The SMILES string of the molecule is COc1ccc(N)c(C(=O)NCc2cc(C)no2)c1. The number of nitrogen functional groups attached to an aromatic ring is 1. The second-order valence-corrected chi connectivity index (χ2v) is 4.07. The summed E-state index contributed by atoms with van der Waals surface area (Å²) in [5, 5.41) is 6.45. The standard InChI is InChI=1S/C13H15N3O3/c1-8-5-10(19-16-8)7-15-13(17)11-6-9(18-2)3-4-12(11)14/h3-6H,7,14H2,1-2H3,(H,15,17). The molecule has 0 aliphatic carbocycles. The number of hydrogen-bond acceptors (Lipinski definition) is 5. The molecule has 6 nitrogen and oxygen atoms in total. The van der Waals surface area contributed by atoms with Crippen LogP contribution in [-0.2, 0) is 6.54 Å². The Balaban J connectivity index is 2.07. The van der Waals surface area contributed by atoms with E-state index in [0.717, 1.165) is 5.69 Å². The van der Waals surface area contributed by atoms with Crippen molar-refractivity contribution in [3.63, 3.8) is 0 Å². The summed E-state index contributed by atoms with van der Waals surface area (Å²) in [5.41, 5.74) is 7.30. The number of benzene rings is 1. The third-order valence-corrected chi connectivity index (χ3v) is 2.61. The minimum atomic E-state index is -0.287. The van der Waals surface area contributed by atoms with Crippen molar-refractivity contribution in [1.82, 2.24) is 10.5 Å². The van der Waals surface area contributed by atoms with Crippen molar-refractivity contribution >= 4 is 11.6 Å². The Labute approximate surface area is 110 Å². The molecule has 1 amide bonds. The van der Waals surface area contributed by atoms with Gasteiger partial charge in [0.1, 0.15) is 5.75 Å². The van der Waals surface area contributed by atoms with Gasteiger partial charge in [-0.05, 0) is 25.1 Å². The normalized spacial score (nSPS) is 10.2. The molecule has 0 aliphatic rings. The van der Waals surface area contributed by atoms with Gasteiger partial charge in [0.05, 0.1) is 24.9 Å². The number of rotatable bonds is 4. The predicted octanol–water partition coefficient (Wildman–Crippen LogP) is 1.50. The molecule has 0 aliphatic heterocycles. The van der Waals surface area contributed by atoms with Crippen molar-refractivity contribution in [3.05, 3.63) is 41.3 Å². The molecule has 1 heterocycles. The smallest absolute Gasteiger partial charge is 0.253 e. The molecule has 2 aromatic rings. The van der Waals surface area contributed by atoms with Crippen molar-refractivity contribution in [2.24, 2.45) is 0 Å². The van der Waals surface area contributed by atoms with E-state index in [0.29, 0.717) is 22.8 Å². The molecule has 0 atom stereocenters. The second-order valence-electron chi connectivity index (χ2n) is 4.07. The first kappa shape index (κ1) is 12.9. The summed E-state index contributed by atoms with van der Waals surface area (Å²) < 4.78 is 10.1. The van der Waals surface area contributed by atoms with Gasteiger partial charge in [-0.3, -0.25) is 4.79 Å². The predicted molar refractivity (Wildman–Crippen MR) is 69.8 cm³/mol. The Kier molecular flexibility index (Phi) is 3.70. The fraction of sp³-hybridized carbons (Fsp3) is 0.231. The van der Waals surface area contributed by atoms with E-state index in [1.54, 1.807) is 24.3 Å². The fourth-order valence-corrected chi connectivity index (χ4v) is 1.62. The number of aromatic nitrogens is 1. The van der Waals surface area contributed by atoms with Gasteiger partial charge < -0.3 is 20.3 Å². The fourth-order valence-electron chi connectivity index (χ4n) is 1.62. The van der Waals surface area contributed by atoms with Gasteiger partial charge in [-0.2, -0.15) is 0 Å². The third kappa shape index (κ3) is 3.04. The lowest BCUT2D eigenvalue weighted by atomic mass is 10.1. The Morgan fingerprint density at radius 3 is 2.89 bits per heavy atom. The van der Waals surface area contributed by atoms with Crippen molar-refractivity contribution in [2.75, 3.05) is 12.8 Å². The van der Waals surface area contributed by atoms with Gasteiger partial charge in [-0.15, -0.1) is 0 Å². The van der Waals surface area contributed by atoms with Gasteiger partial charge in [0.25, 0.3) is 5.91 Å². The molecule has 6 heteroatoms. The van der Waals surface area contributed by atoms with Crippen LogP contribution >= 0.6 is 0 Å². The molecule has 0 fully saturated rings. The maximum atomic E-state index is 12.0. The number of nitrogens with zero attached hydrogens (tertiary/aromatic N) is 1. The van der Waals surface area contributed by atoms with Crippen LogP contribution in [0.15, 0.2) is 28.8 Å². The molecule has 0 radical (unpaired) electrons. The third-order valence-electron chi connectivity index (χ3n) is 2.61. The summed E-state index contributed by atoms with van der Waals surface area (Å²) >= 11 is 0. The van der Waals surface area contributed by atoms with Gasteiger partial charge in [0.2, 0.25) is 0 Å². The number of anilines is 1. The number of carbonyl (C=O) groups excluding carboxylic acids is 1. The largest absolute Gasteiger partial charge is 0.497 e. The summed E-state index contributed by atoms with van der Waals surface area (Å²) in [6.45, 7) is 2.07. The number of carbonyl (C=O) groups is 1. The molecule has 1 aromatic heterocycles. The van der Waals surface area contributed by atoms with Crippen LogP contribution in [0.2, 0.25) is 0 Å². The van der Waals surface area contributed by atoms with E-state index in [2.05, 4.69) is 10.5 Å². The second kappa shape index (κ2) is 5.43.